The highest BCUT2D eigenvalue weighted by Crippen LogP contribution is 2.16. The lowest BCUT2D eigenvalue weighted by atomic mass is 10.1. The summed E-state index contributed by atoms with van der Waals surface area (Å²) in [5.41, 5.74) is 3.82. The highest BCUT2D eigenvalue weighted by atomic mass is 16.2. The summed E-state index contributed by atoms with van der Waals surface area (Å²) < 4.78 is 0. The molecule has 11 nitrogen and oxygen atoms in total. The van der Waals surface area contributed by atoms with E-state index in [2.05, 4.69) is 25.6 Å². The van der Waals surface area contributed by atoms with Crippen LogP contribution in [0.4, 0.5) is 21.0 Å². The molecule has 190 valence electrons. The molecule has 2 N–H and O–H groups in total. The monoisotopic (exact) mass is 510 g/mol. The summed E-state index contributed by atoms with van der Waals surface area (Å²) in [6.45, 7) is 0.464. The van der Waals surface area contributed by atoms with Gasteiger partial charge in [-0.2, -0.15) is 0 Å². The lowest BCUT2D eigenvalue weighted by molar-refractivity contribution is 0.200. The quantitative estimate of drug-likeness (QED) is 0.305. The highest BCUT2D eigenvalue weighted by Gasteiger charge is 2.22. The first-order chi connectivity index (χ1) is 18.5. The first-order valence-corrected chi connectivity index (χ1v) is 11.3. The van der Waals surface area contributed by atoms with Crippen LogP contribution in [-0.4, -0.2) is 35.2 Å². The number of rotatable bonds is 10. The van der Waals surface area contributed by atoms with E-state index in [4.69, 9.17) is 0 Å². The smallest absolute Gasteiger partial charge is 0.307 e. The van der Waals surface area contributed by atoms with Crippen molar-refractivity contribution in [3.8, 4) is 0 Å². The number of anilines is 2. The summed E-state index contributed by atoms with van der Waals surface area (Å²) >= 11 is 0. The molecule has 3 aromatic rings. The van der Waals surface area contributed by atoms with Crippen LogP contribution in [-0.2, 0) is 40.6 Å². The molecule has 0 fully saturated rings. The second kappa shape index (κ2) is 14.2. The Kier molecular flexibility index (Phi) is 10.1. The molecule has 3 aromatic carbocycles. The average molecular weight is 511 g/mol. The number of hydrogen-bond donors (Lipinski definition) is 2. The van der Waals surface area contributed by atoms with Crippen LogP contribution in [0.1, 0.15) is 22.3 Å². The fourth-order valence-electron chi connectivity index (χ4n) is 3.31. The number of hydrogen-bond acceptors (Lipinski definition) is 8. The van der Waals surface area contributed by atoms with E-state index >= 15 is 0 Å². The van der Waals surface area contributed by atoms with Crippen molar-refractivity contribution in [1.82, 2.24) is 4.90 Å². The first-order valence-electron chi connectivity index (χ1n) is 11.3. The second-order valence-electron chi connectivity index (χ2n) is 7.88. The Morgan fingerprint density at radius 1 is 0.553 bits per heavy atom. The summed E-state index contributed by atoms with van der Waals surface area (Å²) in [5.74, 6) is 0. The van der Waals surface area contributed by atoms with Crippen LogP contribution < -0.4 is 10.6 Å². The maximum Gasteiger partial charge on any atom is 0.330 e. The molecule has 0 aliphatic heterocycles. The van der Waals surface area contributed by atoms with Gasteiger partial charge in [0.05, 0.1) is 26.2 Å². The van der Waals surface area contributed by atoms with E-state index in [9.17, 15) is 24.0 Å². The Morgan fingerprint density at radius 3 is 1.21 bits per heavy atom. The van der Waals surface area contributed by atoms with Gasteiger partial charge in [-0.1, -0.05) is 48.5 Å². The van der Waals surface area contributed by atoms with E-state index in [0.717, 1.165) is 21.6 Å². The predicted octanol–water partition coefficient (Wildman–Crippen LogP) is 4.46. The van der Waals surface area contributed by atoms with Gasteiger partial charge in [-0.15, -0.1) is 0 Å². The third-order valence-corrected chi connectivity index (χ3v) is 5.24. The van der Waals surface area contributed by atoms with E-state index < -0.39 is 12.1 Å². The Balaban J connectivity index is 1.78. The lowest BCUT2D eigenvalue weighted by Gasteiger charge is -2.22. The minimum atomic E-state index is -0.673. The third-order valence-electron chi connectivity index (χ3n) is 5.24. The van der Waals surface area contributed by atoms with Gasteiger partial charge in [0.2, 0.25) is 18.2 Å². The van der Waals surface area contributed by atoms with Crippen LogP contribution in [0.2, 0.25) is 0 Å². The predicted molar refractivity (Wildman–Crippen MR) is 138 cm³/mol. The molecule has 0 spiro atoms. The minimum absolute atomic E-state index is 0.0485. The molecule has 0 saturated carbocycles. The number of isocyanates is 3. The van der Waals surface area contributed by atoms with Crippen LogP contribution >= 0.6 is 0 Å². The van der Waals surface area contributed by atoms with Crippen molar-refractivity contribution in [2.75, 3.05) is 10.6 Å². The molecule has 0 radical (unpaired) electrons. The topological polar surface area (TPSA) is 150 Å². The molecule has 0 aromatic heterocycles. The van der Waals surface area contributed by atoms with Crippen molar-refractivity contribution >= 4 is 41.7 Å². The van der Waals surface area contributed by atoms with Crippen LogP contribution in [0, 0.1) is 0 Å². The standard InChI is InChI=1S/C27H22N6O5/c34-17-28-13-20-1-3-23(4-2-20)16-33(26(37)31-24-9-5-21(6-10-24)14-29-18-35)27(38)32-25-11-7-22(8-12-25)15-30-19-36/h1-12H,13-16H2,(H,31,37)(H,32,38). The maximum absolute atomic E-state index is 13.2. The van der Waals surface area contributed by atoms with Gasteiger partial charge in [-0.05, 0) is 46.5 Å². The molecule has 3 rings (SSSR count). The van der Waals surface area contributed by atoms with E-state index in [0.29, 0.717) is 16.9 Å². The molecule has 0 atom stereocenters. The highest BCUT2D eigenvalue weighted by molar-refractivity contribution is 6.05. The third kappa shape index (κ3) is 8.34. The van der Waals surface area contributed by atoms with Crippen molar-refractivity contribution in [2.24, 2.45) is 15.0 Å². The molecular formula is C27H22N6O5. The molecule has 0 bridgehead atoms. The molecule has 0 unspecified atom stereocenters. The van der Waals surface area contributed by atoms with Crippen molar-refractivity contribution in [1.29, 1.82) is 0 Å². The average Bonchev–Trinajstić information content (AvgIpc) is 2.94. The van der Waals surface area contributed by atoms with Gasteiger partial charge in [-0.25, -0.2) is 43.8 Å². The summed E-state index contributed by atoms with van der Waals surface area (Å²) in [6.07, 6.45) is 4.42. The van der Waals surface area contributed by atoms with Crippen molar-refractivity contribution < 1.29 is 24.0 Å². The van der Waals surface area contributed by atoms with Crippen LogP contribution in [0.3, 0.4) is 0 Å². The Hall–Kier alpha value is -5.46. The summed E-state index contributed by atoms with van der Waals surface area (Å²) in [7, 11) is 0. The zero-order chi connectivity index (χ0) is 27.2. The Bertz CT molecular complexity index is 1320. The summed E-state index contributed by atoms with van der Waals surface area (Å²) in [6, 6.07) is 18.9. The number of benzene rings is 3. The zero-order valence-corrected chi connectivity index (χ0v) is 20.1. The van der Waals surface area contributed by atoms with E-state index in [-0.39, 0.29) is 26.2 Å². The number of carbonyl (C=O) groups is 2. The Morgan fingerprint density at radius 2 is 0.868 bits per heavy atom. The molecule has 11 heteroatoms. The lowest BCUT2D eigenvalue weighted by Crippen LogP contribution is -2.42. The van der Waals surface area contributed by atoms with Crippen molar-refractivity contribution in [3.63, 3.8) is 0 Å². The van der Waals surface area contributed by atoms with Gasteiger partial charge in [0, 0.05) is 11.4 Å². The first kappa shape index (κ1) is 27.1. The molecule has 0 heterocycles. The van der Waals surface area contributed by atoms with Gasteiger partial charge in [0.15, 0.2) is 0 Å². The molecule has 4 amide bonds. The largest absolute Gasteiger partial charge is 0.330 e. The Labute approximate surface area is 217 Å². The normalized spacial score (nSPS) is 9.68. The fourth-order valence-corrected chi connectivity index (χ4v) is 3.31. The zero-order valence-electron chi connectivity index (χ0n) is 20.1. The molecular weight excluding hydrogens is 488 g/mol. The van der Waals surface area contributed by atoms with E-state index in [1.165, 1.54) is 18.2 Å². The van der Waals surface area contributed by atoms with Gasteiger partial charge >= 0.3 is 12.1 Å². The van der Waals surface area contributed by atoms with Gasteiger partial charge in [0.1, 0.15) is 0 Å². The number of nitrogens with zero attached hydrogens (tertiary/aromatic N) is 4. The van der Waals surface area contributed by atoms with Gasteiger partial charge in [-0.3, -0.25) is 0 Å². The van der Waals surface area contributed by atoms with Crippen LogP contribution in [0.5, 0.6) is 0 Å². The van der Waals surface area contributed by atoms with Crippen molar-refractivity contribution in [3.05, 3.63) is 95.1 Å². The molecule has 38 heavy (non-hydrogen) atoms. The number of urea groups is 2. The molecule has 0 aliphatic rings. The maximum atomic E-state index is 13.2. The van der Waals surface area contributed by atoms with Crippen molar-refractivity contribution in [2.45, 2.75) is 26.2 Å². The second-order valence-corrected chi connectivity index (χ2v) is 7.88. The number of nitrogens with one attached hydrogen (secondary N) is 2. The van der Waals surface area contributed by atoms with E-state index in [1.54, 1.807) is 72.8 Å². The fraction of sp³-hybridized carbons (Fsp3) is 0.148. The molecule has 0 saturated heterocycles. The summed E-state index contributed by atoms with van der Waals surface area (Å²) in [4.78, 5) is 68.8. The number of aliphatic imine (C=N–C) groups is 3. The minimum Gasteiger partial charge on any atom is -0.307 e. The summed E-state index contributed by atoms with van der Waals surface area (Å²) in [5, 5.41) is 5.39. The van der Waals surface area contributed by atoms with Gasteiger partial charge < -0.3 is 10.6 Å². The number of imide groups is 1. The SMILES string of the molecule is O=C=NCc1ccc(CN(C(=O)Nc2ccc(CN=C=O)cc2)C(=O)Nc2ccc(CN=C=O)cc2)cc1. The number of amides is 4. The van der Waals surface area contributed by atoms with Crippen LogP contribution in [0.15, 0.2) is 87.8 Å². The van der Waals surface area contributed by atoms with E-state index in [1.807, 2.05) is 0 Å². The van der Waals surface area contributed by atoms with Crippen LogP contribution in [0.25, 0.3) is 0 Å². The van der Waals surface area contributed by atoms with Gasteiger partial charge in [0.25, 0.3) is 0 Å². The molecule has 0 aliphatic carbocycles. The number of carbonyl (C=O) groups excluding carboxylic acids is 5.